The molecule has 0 bridgehead atoms. The molecule has 1 N–H and O–H groups in total. The van der Waals surface area contributed by atoms with Crippen molar-refractivity contribution in [2.24, 2.45) is 0 Å². The highest BCUT2D eigenvalue weighted by Gasteiger charge is 2.19. The van der Waals surface area contributed by atoms with Crippen molar-refractivity contribution in [3.63, 3.8) is 0 Å². The molecule has 4 nitrogen and oxygen atoms in total. The van der Waals surface area contributed by atoms with Gasteiger partial charge in [-0.1, -0.05) is 0 Å². The van der Waals surface area contributed by atoms with Gasteiger partial charge >= 0.3 is 5.69 Å². The fourth-order valence-electron chi connectivity index (χ4n) is 1.43. The second-order valence-corrected chi connectivity index (χ2v) is 6.23. The zero-order valence-corrected chi connectivity index (χ0v) is 11.8. The van der Waals surface area contributed by atoms with Gasteiger partial charge < -0.3 is 5.32 Å². The first kappa shape index (κ1) is 15.8. The smallest absolute Gasteiger partial charge is 0.305 e. The molecular formula is C12H16F2N2O2S. The van der Waals surface area contributed by atoms with Crippen LogP contribution in [0, 0.1) is 21.7 Å². The molecule has 0 amide bonds. The Hall–Kier alpha value is -1.21. The molecule has 0 unspecified atom stereocenters. The van der Waals surface area contributed by atoms with Crippen LogP contribution in [0.2, 0.25) is 0 Å². The summed E-state index contributed by atoms with van der Waals surface area (Å²) in [5, 5.41) is 13.6. The number of nitro benzene ring substituents is 1. The first-order chi connectivity index (χ1) is 8.76. The molecule has 106 valence electrons. The summed E-state index contributed by atoms with van der Waals surface area (Å²) < 4.78 is 26.6. The quantitative estimate of drug-likeness (QED) is 0.646. The lowest BCUT2D eigenvalue weighted by Gasteiger charge is -2.22. The van der Waals surface area contributed by atoms with Crippen molar-refractivity contribution < 1.29 is 13.7 Å². The van der Waals surface area contributed by atoms with E-state index in [1.54, 1.807) is 11.8 Å². The van der Waals surface area contributed by atoms with Gasteiger partial charge in [0, 0.05) is 35.5 Å². The van der Waals surface area contributed by atoms with Gasteiger partial charge in [0.25, 0.3) is 0 Å². The monoisotopic (exact) mass is 290 g/mol. The number of hydrogen-bond acceptors (Lipinski definition) is 4. The van der Waals surface area contributed by atoms with Gasteiger partial charge in [0.1, 0.15) is 5.82 Å². The lowest BCUT2D eigenvalue weighted by Crippen LogP contribution is -2.31. The Morgan fingerprint density at radius 1 is 1.37 bits per heavy atom. The minimum Gasteiger partial charge on any atom is -0.311 e. The summed E-state index contributed by atoms with van der Waals surface area (Å²) in [7, 11) is 0. The summed E-state index contributed by atoms with van der Waals surface area (Å²) >= 11 is 1.65. The topological polar surface area (TPSA) is 55.2 Å². The van der Waals surface area contributed by atoms with Crippen molar-refractivity contribution in [2.45, 2.75) is 25.1 Å². The van der Waals surface area contributed by atoms with Crippen LogP contribution < -0.4 is 5.32 Å². The number of thioether (sulfide) groups is 1. The maximum atomic E-state index is 13.5. The van der Waals surface area contributed by atoms with Gasteiger partial charge in [0.2, 0.25) is 5.82 Å². The van der Waals surface area contributed by atoms with E-state index >= 15 is 0 Å². The summed E-state index contributed by atoms with van der Waals surface area (Å²) in [6.07, 6.45) is 1.96. The van der Waals surface area contributed by atoms with Crippen molar-refractivity contribution in [3.05, 3.63) is 39.4 Å². The van der Waals surface area contributed by atoms with Gasteiger partial charge in [-0.25, -0.2) is 4.39 Å². The number of nitrogens with zero attached hydrogens (tertiary/aromatic N) is 1. The number of rotatable bonds is 6. The summed E-state index contributed by atoms with van der Waals surface area (Å²) in [6, 6.07) is 1.48. The van der Waals surface area contributed by atoms with E-state index in [4.69, 9.17) is 0 Å². The van der Waals surface area contributed by atoms with Crippen LogP contribution in [0.3, 0.4) is 0 Å². The van der Waals surface area contributed by atoms with Gasteiger partial charge in [-0.2, -0.15) is 16.2 Å². The summed E-state index contributed by atoms with van der Waals surface area (Å²) in [6.45, 7) is 4.78. The normalized spacial score (nSPS) is 11.6. The minimum absolute atomic E-state index is 0.0254. The van der Waals surface area contributed by atoms with E-state index in [1.807, 2.05) is 20.1 Å². The van der Waals surface area contributed by atoms with Crippen molar-refractivity contribution in [1.29, 1.82) is 0 Å². The second-order valence-electron chi connectivity index (χ2n) is 4.72. The van der Waals surface area contributed by atoms with Crippen LogP contribution in [0.25, 0.3) is 0 Å². The molecule has 0 aliphatic heterocycles. The fraction of sp³-hybridized carbons (Fsp3) is 0.500. The molecule has 1 aromatic carbocycles. The van der Waals surface area contributed by atoms with Crippen LogP contribution >= 0.6 is 11.8 Å². The molecule has 0 spiro atoms. The SMILES string of the molecule is CSC(C)(C)CNCc1cc([N+](=O)[O-])c(F)cc1F. The zero-order valence-electron chi connectivity index (χ0n) is 11.0. The highest BCUT2D eigenvalue weighted by Crippen LogP contribution is 2.22. The predicted molar refractivity (Wildman–Crippen MR) is 72.3 cm³/mol. The third-order valence-electron chi connectivity index (χ3n) is 2.73. The van der Waals surface area contributed by atoms with Gasteiger partial charge in [-0.05, 0) is 20.1 Å². The highest BCUT2D eigenvalue weighted by molar-refractivity contribution is 7.99. The van der Waals surface area contributed by atoms with Gasteiger partial charge in [-0.15, -0.1) is 0 Å². The lowest BCUT2D eigenvalue weighted by molar-refractivity contribution is -0.387. The molecule has 0 aliphatic carbocycles. The number of nitro groups is 1. The van der Waals surface area contributed by atoms with Crippen LogP contribution in [0.5, 0.6) is 0 Å². The Kier molecular flexibility index (Phi) is 5.25. The van der Waals surface area contributed by atoms with Crippen LogP contribution in [0.4, 0.5) is 14.5 Å². The highest BCUT2D eigenvalue weighted by atomic mass is 32.2. The number of halogens is 2. The van der Waals surface area contributed by atoms with Crippen molar-refractivity contribution in [3.8, 4) is 0 Å². The predicted octanol–water partition coefficient (Wildman–Crippen LogP) is 3.10. The molecule has 0 fully saturated rings. The van der Waals surface area contributed by atoms with Crippen molar-refractivity contribution in [2.75, 3.05) is 12.8 Å². The average molecular weight is 290 g/mol. The van der Waals surface area contributed by atoms with E-state index in [2.05, 4.69) is 5.32 Å². The maximum absolute atomic E-state index is 13.5. The minimum atomic E-state index is -1.16. The Labute approximate surface area is 114 Å². The van der Waals surface area contributed by atoms with E-state index in [0.717, 1.165) is 6.07 Å². The summed E-state index contributed by atoms with van der Waals surface area (Å²) in [5.74, 6) is -1.94. The van der Waals surface area contributed by atoms with E-state index in [1.165, 1.54) is 0 Å². The molecule has 1 aromatic rings. The van der Waals surface area contributed by atoms with Crippen LogP contribution in [-0.2, 0) is 6.54 Å². The summed E-state index contributed by atoms with van der Waals surface area (Å²) in [4.78, 5) is 9.73. The fourth-order valence-corrected chi connectivity index (χ4v) is 1.67. The molecular weight excluding hydrogens is 274 g/mol. The molecule has 19 heavy (non-hydrogen) atoms. The molecule has 0 heterocycles. The third-order valence-corrected chi connectivity index (χ3v) is 3.98. The molecule has 0 atom stereocenters. The Bertz CT molecular complexity index is 481. The van der Waals surface area contributed by atoms with Crippen LogP contribution in [0.15, 0.2) is 12.1 Å². The lowest BCUT2D eigenvalue weighted by atomic mass is 10.1. The zero-order chi connectivity index (χ0) is 14.6. The first-order valence-electron chi connectivity index (χ1n) is 5.65. The Balaban J connectivity index is 2.79. The maximum Gasteiger partial charge on any atom is 0.305 e. The number of nitrogens with one attached hydrogen (secondary N) is 1. The van der Waals surface area contributed by atoms with E-state index in [9.17, 15) is 18.9 Å². The van der Waals surface area contributed by atoms with Crippen LogP contribution in [0.1, 0.15) is 19.4 Å². The molecule has 0 radical (unpaired) electrons. The third kappa shape index (κ3) is 4.43. The Morgan fingerprint density at radius 2 is 2.00 bits per heavy atom. The van der Waals surface area contributed by atoms with E-state index < -0.39 is 22.2 Å². The van der Waals surface area contributed by atoms with Crippen molar-refractivity contribution >= 4 is 17.4 Å². The largest absolute Gasteiger partial charge is 0.311 e. The first-order valence-corrected chi connectivity index (χ1v) is 6.87. The number of benzene rings is 1. The second kappa shape index (κ2) is 6.29. The van der Waals surface area contributed by atoms with E-state index in [-0.39, 0.29) is 16.9 Å². The van der Waals surface area contributed by atoms with Gasteiger partial charge in [0.05, 0.1) is 4.92 Å². The van der Waals surface area contributed by atoms with Crippen LogP contribution in [-0.4, -0.2) is 22.5 Å². The molecule has 0 aliphatic rings. The van der Waals surface area contributed by atoms with Gasteiger partial charge in [-0.3, -0.25) is 10.1 Å². The standard InChI is InChI=1S/C12H16F2N2O2S/c1-12(2,19-3)7-15-6-8-4-11(16(17)18)10(14)5-9(8)13/h4-5,15H,6-7H2,1-3H3. The van der Waals surface area contributed by atoms with E-state index in [0.29, 0.717) is 12.6 Å². The molecule has 0 saturated heterocycles. The Morgan fingerprint density at radius 3 is 2.53 bits per heavy atom. The molecule has 0 saturated carbocycles. The van der Waals surface area contributed by atoms with Crippen molar-refractivity contribution in [1.82, 2.24) is 5.32 Å². The molecule has 0 aromatic heterocycles. The molecule has 1 rings (SSSR count). The van der Waals surface area contributed by atoms with Gasteiger partial charge in [0.15, 0.2) is 0 Å². The molecule has 7 heteroatoms. The average Bonchev–Trinajstić information content (AvgIpc) is 2.31. The summed E-state index contributed by atoms with van der Waals surface area (Å²) in [5.41, 5.74) is -0.618. The number of hydrogen-bond donors (Lipinski definition) is 1.